The Hall–Kier alpha value is -3.63. The molecule has 156 valence electrons. The summed E-state index contributed by atoms with van der Waals surface area (Å²) >= 11 is 5.95. The monoisotopic (exact) mass is 430 g/mol. The van der Waals surface area contributed by atoms with Crippen LogP contribution >= 0.6 is 11.6 Å². The average Bonchev–Trinajstić information content (AvgIpc) is 2.79. The minimum absolute atomic E-state index is 0.149. The number of hydrogen-bond donors (Lipinski definition) is 1. The van der Waals surface area contributed by atoms with Crippen LogP contribution in [0.3, 0.4) is 0 Å². The predicted molar refractivity (Wildman–Crippen MR) is 128 cm³/mol. The Balaban J connectivity index is 1.67. The Bertz CT molecular complexity index is 1040. The molecule has 0 aliphatic carbocycles. The van der Waals surface area contributed by atoms with Crippen LogP contribution in [0.25, 0.3) is 12.2 Å². The number of carbonyl (C=O) groups is 1. The number of rotatable bonds is 8. The quantitative estimate of drug-likeness (QED) is 0.356. The third-order valence-electron chi connectivity index (χ3n) is 4.30. The van der Waals surface area contributed by atoms with E-state index >= 15 is 0 Å². The molecule has 0 radical (unpaired) electrons. The molecule has 5 heteroatoms. The van der Waals surface area contributed by atoms with Gasteiger partial charge in [-0.1, -0.05) is 84.4 Å². The molecule has 0 saturated carbocycles. The number of allylic oxidation sites excluding steroid dienone is 2. The average molecular weight is 431 g/mol. The minimum atomic E-state index is -0.354. The number of amides is 1. The zero-order valence-electron chi connectivity index (χ0n) is 17.2. The standard InChI is InChI=1S/C26H23ClN2O2/c1-20-18-23(27)14-17-25(20)31-19-26(30)29-28-24(15-12-21-8-4-2-5-9-21)16-13-22-10-6-3-7-11-22/h2-18H,19H2,1H3,(H,29,30)/b15-12+,16-13+. The van der Waals surface area contributed by atoms with Crippen LogP contribution in [0.2, 0.25) is 5.02 Å². The topological polar surface area (TPSA) is 50.7 Å². The molecular formula is C26H23ClN2O2. The van der Waals surface area contributed by atoms with Crippen molar-refractivity contribution >= 4 is 35.4 Å². The van der Waals surface area contributed by atoms with Crippen molar-refractivity contribution in [3.8, 4) is 5.75 Å². The molecular weight excluding hydrogens is 408 g/mol. The SMILES string of the molecule is Cc1cc(Cl)ccc1OCC(=O)NN=C(/C=C/c1ccccc1)/C=C/c1ccccc1. The fraction of sp³-hybridized carbons (Fsp3) is 0.0769. The van der Waals surface area contributed by atoms with Gasteiger partial charge < -0.3 is 4.74 Å². The second kappa shape index (κ2) is 11.5. The number of benzene rings is 3. The van der Waals surface area contributed by atoms with Gasteiger partial charge in [-0.25, -0.2) is 5.43 Å². The van der Waals surface area contributed by atoms with Gasteiger partial charge in [0.2, 0.25) is 0 Å². The van der Waals surface area contributed by atoms with E-state index in [1.165, 1.54) is 0 Å². The number of ether oxygens (including phenoxy) is 1. The molecule has 0 aliphatic heterocycles. The molecule has 1 N–H and O–H groups in total. The predicted octanol–water partition coefficient (Wildman–Crippen LogP) is 5.93. The fourth-order valence-corrected chi connectivity index (χ4v) is 2.93. The van der Waals surface area contributed by atoms with E-state index in [0.717, 1.165) is 16.7 Å². The van der Waals surface area contributed by atoms with Crippen molar-refractivity contribution in [1.29, 1.82) is 0 Å². The van der Waals surface area contributed by atoms with E-state index in [4.69, 9.17) is 16.3 Å². The molecule has 0 spiro atoms. The summed E-state index contributed by atoms with van der Waals surface area (Å²) < 4.78 is 5.57. The first-order valence-electron chi connectivity index (χ1n) is 9.82. The number of nitrogens with zero attached hydrogens (tertiary/aromatic N) is 1. The summed E-state index contributed by atoms with van der Waals surface area (Å²) in [4.78, 5) is 12.2. The number of halogens is 1. The Morgan fingerprint density at radius 3 is 2.06 bits per heavy atom. The molecule has 0 aromatic heterocycles. The van der Waals surface area contributed by atoms with Crippen molar-refractivity contribution in [3.63, 3.8) is 0 Å². The van der Waals surface area contributed by atoms with Gasteiger partial charge in [0.15, 0.2) is 6.61 Å². The van der Waals surface area contributed by atoms with E-state index in [9.17, 15) is 4.79 Å². The lowest BCUT2D eigenvalue weighted by Gasteiger charge is -2.08. The second-order valence-corrected chi connectivity index (χ2v) is 7.19. The largest absolute Gasteiger partial charge is 0.483 e. The maximum atomic E-state index is 12.2. The van der Waals surface area contributed by atoms with Gasteiger partial charge in [-0.2, -0.15) is 5.10 Å². The highest BCUT2D eigenvalue weighted by molar-refractivity contribution is 6.30. The molecule has 0 unspecified atom stereocenters. The Morgan fingerprint density at radius 2 is 1.52 bits per heavy atom. The number of hydrogen-bond acceptors (Lipinski definition) is 3. The highest BCUT2D eigenvalue weighted by Gasteiger charge is 2.05. The third kappa shape index (κ3) is 7.61. The molecule has 0 aliphatic rings. The summed E-state index contributed by atoms with van der Waals surface area (Å²) in [6, 6.07) is 25.0. The van der Waals surface area contributed by atoms with Crippen LogP contribution in [-0.2, 0) is 4.79 Å². The van der Waals surface area contributed by atoms with Crippen LogP contribution in [-0.4, -0.2) is 18.2 Å². The molecule has 3 aromatic rings. The molecule has 1 amide bonds. The lowest BCUT2D eigenvalue weighted by molar-refractivity contribution is -0.123. The highest BCUT2D eigenvalue weighted by Crippen LogP contribution is 2.21. The van der Waals surface area contributed by atoms with Gasteiger partial charge >= 0.3 is 0 Å². The highest BCUT2D eigenvalue weighted by atomic mass is 35.5. The van der Waals surface area contributed by atoms with Gasteiger partial charge in [0.25, 0.3) is 5.91 Å². The number of nitrogens with one attached hydrogen (secondary N) is 1. The van der Waals surface area contributed by atoms with Crippen LogP contribution in [0.4, 0.5) is 0 Å². The number of hydrazone groups is 1. The molecule has 3 aromatic carbocycles. The molecule has 0 fully saturated rings. The zero-order chi connectivity index (χ0) is 21.9. The summed E-state index contributed by atoms with van der Waals surface area (Å²) in [6.07, 6.45) is 7.57. The first-order chi connectivity index (χ1) is 15.1. The maximum absolute atomic E-state index is 12.2. The van der Waals surface area contributed by atoms with Crippen molar-refractivity contribution < 1.29 is 9.53 Å². The minimum Gasteiger partial charge on any atom is -0.483 e. The van der Waals surface area contributed by atoms with Gasteiger partial charge in [-0.3, -0.25) is 4.79 Å². The molecule has 0 saturated heterocycles. The van der Waals surface area contributed by atoms with Crippen molar-refractivity contribution in [3.05, 3.63) is 113 Å². The zero-order valence-corrected chi connectivity index (χ0v) is 17.9. The Kier molecular flexibility index (Phi) is 8.21. The van der Waals surface area contributed by atoms with Crippen LogP contribution in [0.1, 0.15) is 16.7 Å². The van der Waals surface area contributed by atoms with E-state index < -0.39 is 0 Å². The lowest BCUT2D eigenvalue weighted by atomic mass is 10.1. The molecule has 0 bridgehead atoms. The van der Waals surface area contributed by atoms with Crippen molar-refractivity contribution in [2.45, 2.75) is 6.92 Å². The van der Waals surface area contributed by atoms with Gasteiger partial charge in [0.1, 0.15) is 5.75 Å². The molecule has 0 atom stereocenters. The smallest absolute Gasteiger partial charge is 0.277 e. The number of carbonyl (C=O) groups excluding carboxylic acids is 1. The van der Waals surface area contributed by atoms with Gasteiger partial charge in [-0.05, 0) is 54.0 Å². The lowest BCUT2D eigenvalue weighted by Crippen LogP contribution is -2.25. The van der Waals surface area contributed by atoms with E-state index in [1.807, 2.05) is 91.9 Å². The molecule has 31 heavy (non-hydrogen) atoms. The first kappa shape index (κ1) is 22.1. The van der Waals surface area contributed by atoms with Gasteiger partial charge in [0, 0.05) is 5.02 Å². The van der Waals surface area contributed by atoms with Crippen molar-refractivity contribution in [2.75, 3.05) is 6.61 Å². The Labute approximate surface area is 187 Å². The molecule has 0 heterocycles. The maximum Gasteiger partial charge on any atom is 0.277 e. The summed E-state index contributed by atoms with van der Waals surface area (Å²) in [7, 11) is 0. The normalized spacial score (nSPS) is 10.9. The molecule has 4 nitrogen and oxygen atoms in total. The van der Waals surface area contributed by atoms with Crippen LogP contribution in [0.15, 0.2) is 96.1 Å². The van der Waals surface area contributed by atoms with Crippen molar-refractivity contribution in [1.82, 2.24) is 5.43 Å². The van der Waals surface area contributed by atoms with E-state index in [1.54, 1.807) is 18.2 Å². The van der Waals surface area contributed by atoms with Gasteiger partial charge in [0.05, 0.1) is 5.71 Å². The summed E-state index contributed by atoms with van der Waals surface area (Å²) in [6.45, 7) is 1.72. The first-order valence-corrected chi connectivity index (χ1v) is 10.2. The molecule has 3 rings (SSSR count). The second-order valence-electron chi connectivity index (χ2n) is 6.76. The van der Waals surface area contributed by atoms with E-state index in [-0.39, 0.29) is 12.5 Å². The summed E-state index contributed by atoms with van der Waals surface area (Å²) in [5.74, 6) is 0.254. The van der Waals surface area contributed by atoms with Crippen LogP contribution in [0.5, 0.6) is 5.75 Å². The van der Waals surface area contributed by atoms with Crippen molar-refractivity contribution in [2.24, 2.45) is 5.10 Å². The Morgan fingerprint density at radius 1 is 0.935 bits per heavy atom. The van der Waals surface area contributed by atoms with E-state index in [0.29, 0.717) is 16.5 Å². The third-order valence-corrected chi connectivity index (χ3v) is 4.53. The van der Waals surface area contributed by atoms with Gasteiger partial charge in [-0.15, -0.1) is 0 Å². The van der Waals surface area contributed by atoms with E-state index in [2.05, 4.69) is 10.5 Å². The summed E-state index contributed by atoms with van der Waals surface area (Å²) in [5, 5.41) is 4.87. The fourth-order valence-electron chi connectivity index (χ4n) is 2.70. The van der Waals surface area contributed by atoms with Crippen LogP contribution < -0.4 is 10.2 Å². The summed E-state index contributed by atoms with van der Waals surface area (Å²) in [5.41, 5.74) is 6.09. The van der Waals surface area contributed by atoms with Crippen LogP contribution in [0, 0.1) is 6.92 Å². The number of aryl methyl sites for hydroxylation is 1.